The molecule has 0 aliphatic heterocycles. The maximum atomic E-state index is 11.4. The number of amides is 1. The molecule has 0 fully saturated rings. The Bertz CT molecular complexity index is 411. The van der Waals surface area contributed by atoms with E-state index >= 15 is 0 Å². The number of carboxylic acid groups (broad SMARTS) is 1. The lowest BCUT2D eigenvalue weighted by atomic mass is 10.1. The molecule has 0 spiro atoms. The Hall–Kier alpha value is -2.30. The zero-order chi connectivity index (χ0) is 12.7. The molecule has 1 aromatic rings. The molecule has 0 aliphatic carbocycles. The third-order valence-electron chi connectivity index (χ3n) is 1.97. The summed E-state index contributed by atoms with van der Waals surface area (Å²) in [5.41, 5.74) is 1.19. The first kappa shape index (κ1) is 12.8. The molecular formula is C12H13NO4. The van der Waals surface area contributed by atoms with Gasteiger partial charge in [0.15, 0.2) is 0 Å². The van der Waals surface area contributed by atoms with Crippen LogP contribution in [0.2, 0.25) is 0 Å². The molecule has 90 valence electrons. The van der Waals surface area contributed by atoms with Crippen LogP contribution in [0.4, 0.5) is 4.79 Å². The quantitative estimate of drug-likeness (QED) is 0.602. The summed E-state index contributed by atoms with van der Waals surface area (Å²) in [6.07, 6.45) is 0.405. The summed E-state index contributed by atoms with van der Waals surface area (Å²) in [5.74, 6) is -0.428. The van der Waals surface area contributed by atoms with Crippen molar-refractivity contribution in [2.45, 2.75) is 6.54 Å². The number of carbonyl (C=O) groups is 2. The van der Waals surface area contributed by atoms with E-state index in [1.165, 1.54) is 6.08 Å². The van der Waals surface area contributed by atoms with E-state index < -0.39 is 12.1 Å². The van der Waals surface area contributed by atoms with Crippen molar-refractivity contribution in [3.63, 3.8) is 0 Å². The van der Waals surface area contributed by atoms with Gasteiger partial charge >= 0.3 is 12.1 Å². The highest BCUT2D eigenvalue weighted by molar-refractivity contribution is 5.89. The van der Waals surface area contributed by atoms with Crippen LogP contribution in [0.1, 0.15) is 15.9 Å². The molecule has 0 saturated carbocycles. The lowest BCUT2D eigenvalue weighted by Crippen LogP contribution is -2.19. The van der Waals surface area contributed by atoms with Gasteiger partial charge in [-0.05, 0) is 17.7 Å². The number of hydrogen-bond donors (Lipinski definition) is 2. The fourth-order valence-electron chi connectivity index (χ4n) is 1.15. The molecule has 0 radical (unpaired) electrons. The second-order valence-corrected chi connectivity index (χ2v) is 3.24. The molecule has 2 N–H and O–H groups in total. The lowest BCUT2D eigenvalue weighted by molar-refractivity contribution is 0.0549. The normalized spacial score (nSPS) is 9.41. The van der Waals surface area contributed by atoms with Gasteiger partial charge in [0.2, 0.25) is 0 Å². The minimum atomic E-state index is -1.08. The molecule has 1 amide bonds. The van der Waals surface area contributed by atoms with Crippen LogP contribution in [0.5, 0.6) is 0 Å². The van der Waals surface area contributed by atoms with Crippen molar-refractivity contribution >= 4 is 12.1 Å². The Morgan fingerprint density at radius 3 is 2.53 bits per heavy atom. The van der Waals surface area contributed by atoms with E-state index in [9.17, 15) is 9.59 Å². The number of rotatable bonds is 5. The number of ether oxygens (including phenoxy) is 1. The average molecular weight is 235 g/mol. The Labute approximate surface area is 98.7 Å². The molecule has 0 saturated heterocycles. The fourth-order valence-corrected chi connectivity index (χ4v) is 1.15. The molecule has 0 unspecified atom stereocenters. The van der Waals surface area contributed by atoms with Crippen molar-refractivity contribution in [1.29, 1.82) is 0 Å². The van der Waals surface area contributed by atoms with Crippen molar-refractivity contribution < 1.29 is 19.4 Å². The van der Waals surface area contributed by atoms with Crippen molar-refractivity contribution in [1.82, 2.24) is 5.32 Å². The highest BCUT2D eigenvalue weighted by Crippen LogP contribution is 2.06. The van der Waals surface area contributed by atoms with Gasteiger partial charge in [0.25, 0.3) is 0 Å². The van der Waals surface area contributed by atoms with Crippen molar-refractivity contribution in [3.05, 3.63) is 48.0 Å². The minimum absolute atomic E-state index is 0.168. The third-order valence-corrected chi connectivity index (χ3v) is 1.97. The summed E-state index contributed by atoms with van der Waals surface area (Å²) in [6, 6.07) is 6.51. The maximum Gasteiger partial charge on any atom is 0.404 e. The molecule has 1 aromatic carbocycles. The Kier molecular flexibility index (Phi) is 4.75. The molecule has 0 heterocycles. The Morgan fingerprint density at radius 1 is 1.35 bits per heavy atom. The first-order valence-electron chi connectivity index (χ1n) is 4.97. The highest BCUT2D eigenvalue weighted by atomic mass is 16.5. The zero-order valence-corrected chi connectivity index (χ0v) is 9.18. The van der Waals surface area contributed by atoms with Crippen LogP contribution in [0, 0.1) is 0 Å². The Balaban J connectivity index is 2.57. The molecular weight excluding hydrogens is 222 g/mol. The van der Waals surface area contributed by atoms with Crippen LogP contribution in [0.25, 0.3) is 0 Å². The molecule has 5 heteroatoms. The first-order valence-corrected chi connectivity index (χ1v) is 4.97. The van der Waals surface area contributed by atoms with Crippen LogP contribution in [-0.4, -0.2) is 23.8 Å². The summed E-state index contributed by atoms with van der Waals surface area (Å²) in [4.78, 5) is 21.7. The highest BCUT2D eigenvalue weighted by Gasteiger charge is 2.05. The van der Waals surface area contributed by atoms with Crippen LogP contribution in [0.3, 0.4) is 0 Å². The van der Waals surface area contributed by atoms with Gasteiger partial charge in [0, 0.05) is 6.54 Å². The van der Waals surface area contributed by atoms with E-state index in [2.05, 4.69) is 11.9 Å². The molecule has 0 atom stereocenters. The second-order valence-electron chi connectivity index (χ2n) is 3.24. The zero-order valence-electron chi connectivity index (χ0n) is 9.18. The summed E-state index contributed by atoms with van der Waals surface area (Å²) >= 11 is 0. The van der Waals surface area contributed by atoms with Crippen LogP contribution in [-0.2, 0) is 11.3 Å². The van der Waals surface area contributed by atoms with Crippen LogP contribution < -0.4 is 5.32 Å². The van der Waals surface area contributed by atoms with E-state index in [0.29, 0.717) is 5.56 Å². The predicted octanol–water partition coefficient (Wildman–Crippen LogP) is 1.80. The van der Waals surface area contributed by atoms with Gasteiger partial charge in [-0.2, -0.15) is 0 Å². The van der Waals surface area contributed by atoms with Gasteiger partial charge in [-0.1, -0.05) is 24.8 Å². The van der Waals surface area contributed by atoms with Crippen LogP contribution in [0.15, 0.2) is 36.9 Å². The van der Waals surface area contributed by atoms with Crippen molar-refractivity contribution in [2.75, 3.05) is 6.61 Å². The molecule has 0 bridgehead atoms. The summed E-state index contributed by atoms with van der Waals surface area (Å²) < 4.78 is 4.85. The topological polar surface area (TPSA) is 75.6 Å². The number of nitrogens with one attached hydrogen (secondary N) is 1. The van der Waals surface area contributed by atoms with E-state index in [4.69, 9.17) is 9.84 Å². The first-order chi connectivity index (χ1) is 8.13. The largest absolute Gasteiger partial charge is 0.465 e. The number of benzene rings is 1. The van der Waals surface area contributed by atoms with Gasteiger partial charge in [0.05, 0.1) is 5.56 Å². The van der Waals surface area contributed by atoms with Crippen molar-refractivity contribution in [2.24, 2.45) is 0 Å². The van der Waals surface area contributed by atoms with Gasteiger partial charge in [-0.15, -0.1) is 0 Å². The summed E-state index contributed by atoms with van der Waals surface area (Å²) in [5, 5.41) is 10.7. The van der Waals surface area contributed by atoms with Crippen LogP contribution >= 0.6 is 0 Å². The molecule has 17 heavy (non-hydrogen) atoms. The molecule has 0 aromatic heterocycles. The summed E-state index contributed by atoms with van der Waals surface area (Å²) in [7, 11) is 0. The lowest BCUT2D eigenvalue weighted by Gasteiger charge is -2.04. The molecule has 1 rings (SSSR count). The monoisotopic (exact) mass is 235 g/mol. The minimum Gasteiger partial charge on any atom is -0.465 e. The third kappa shape index (κ3) is 4.38. The van der Waals surface area contributed by atoms with Gasteiger partial charge < -0.3 is 15.2 Å². The van der Waals surface area contributed by atoms with Gasteiger partial charge in [-0.3, -0.25) is 0 Å². The fraction of sp³-hybridized carbons (Fsp3) is 0.167. The molecule has 5 nitrogen and oxygen atoms in total. The number of hydrogen-bond acceptors (Lipinski definition) is 3. The van der Waals surface area contributed by atoms with E-state index in [1.54, 1.807) is 24.3 Å². The molecule has 0 aliphatic rings. The van der Waals surface area contributed by atoms with E-state index in [0.717, 1.165) is 5.56 Å². The number of carbonyl (C=O) groups excluding carboxylic acids is 1. The Morgan fingerprint density at radius 2 is 2.00 bits per heavy atom. The number of esters is 1. The standard InChI is InChI=1S/C12H13NO4/c1-2-7-17-11(14)10-5-3-9(4-6-10)8-13-12(15)16/h2-6,13H,1,7-8H2,(H,15,16). The average Bonchev–Trinajstić information content (AvgIpc) is 2.34. The SMILES string of the molecule is C=CCOC(=O)c1ccc(CNC(=O)O)cc1. The predicted molar refractivity (Wildman–Crippen MR) is 61.8 cm³/mol. The van der Waals surface area contributed by atoms with E-state index in [-0.39, 0.29) is 13.2 Å². The van der Waals surface area contributed by atoms with Gasteiger partial charge in [0.1, 0.15) is 6.61 Å². The summed E-state index contributed by atoms with van der Waals surface area (Å²) in [6.45, 7) is 3.81. The van der Waals surface area contributed by atoms with Crippen molar-refractivity contribution in [3.8, 4) is 0 Å². The smallest absolute Gasteiger partial charge is 0.404 e. The maximum absolute atomic E-state index is 11.4. The van der Waals surface area contributed by atoms with E-state index in [1.807, 2.05) is 0 Å². The van der Waals surface area contributed by atoms with Gasteiger partial charge in [-0.25, -0.2) is 9.59 Å². The second kappa shape index (κ2) is 6.32.